The predicted octanol–water partition coefficient (Wildman–Crippen LogP) is 1.02. The molecule has 1 atom stereocenters. The first-order valence-electron chi connectivity index (χ1n) is 7.58. The van der Waals surface area contributed by atoms with Gasteiger partial charge in [-0.25, -0.2) is 0 Å². The smallest absolute Gasteiger partial charge is 0.224 e. The van der Waals surface area contributed by atoms with Crippen LogP contribution in [0.25, 0.3) is 0 Å². The van der Waals surface area contributed by atoms with Crippen molar-refractivity contribution in [2.45, 2.75) is 51.0 Å². The quantitative estimate of drug-likeness (QED) is 0.506. The number of carbonyl (C=O) groups excluding carboxylic acids is 1. The maximum absolute atomic E-state index is 11.8. The topological polar surface area (TPSA) is 53.2 Å². The van der Waals surface area contributed by atoms with Gasteiger partial charge in [0.15, 0.2) is 0 Å². The van der Waals surface area contributed by atoms with Gasteiger partial charge in [0.1, 0.15) is 0 Å². The SMILES string of the molecule is O=C(NCCNC1CCCCCC1)C1CCNC1. The first-order valence-corrected chi connectivity index (χ1v) is 7.58. The Bertz CT molecular complexity index is 243. The molecule has 1 aliphatic heterocycles. The number of hydrogen-bond donors (Lipinski definition) is 3. The standard InChI is InChI=1S/C14H27N3O/c18-14(12-7-8-15-11-12)17-10-9-16-13-5-3-1-2-4-6-13/h12-13,15-16H,1-11H2,(H,17,18). The number of nitrogens with one attached hydrogen (secondary N) is 3. The largest absolute Gasteiger partial charge is 0.355 e. The van der Waals surface area contributed by atoms with Gasteiger partial charge in [-0.15, -0.1) is 0 Å². The highest BCUT2D eigenvalue weighted by Gasteiger charge is 2.21. The van der Waals surface area contributed by atoms with Crippen LogP contribution < -0.4 is 16.0 Å². The minimum atomic E-state index is 0.197. The molecule has 0 aromatic carbocycles. The van der Waals surface area contributed by atoms with E-state index in [9.17, 15) is 4.79 Å². The molecule has 3 N–H and O–H groups in total. The Morgan fingerprint density at radius 1 is 1.06 bits per heavy atom. The Morgan fingerprint density at radius 2 is 1.83 bits per heavy atom. The van der Waals surface area contributed by atoms with Crippen molar-refractivity contribution in [1.29, 1.82) is 0 Å². The summed E-state index contributed by atoms with van der Waals surface area (Å²) in [4.78, 5) is 11.8. The van der Waals surface area contributed by atoms with E-state index in [-0.39, 0.29) is 11.8 Å². The Balaban J connectivity index is 1.53. The summed E-state index contributed by atoms with van der Waals surface area (Å²) < 4.78 is 0. The molecule has 4 heteroatoms. The maximum atomic E-state index is 11.8. The van der Waals surface area contributed by atoms with Crippen LogP contribution in [-0.2, 0) is 4.79 Å². The van der Waals surface area contributed by atoms with Crippen LogP contribution in [0.2, 0.25) is 0 Å². The van der Waals surface area contributed by atoms with Crippen molar-refractivity contribution < 1.29 is 4.79 Å². The highest BCUT2D eigenvalue weighted by Crippen LogP contribution is 2.16. The average Bonchev–Trinajstić information content (AvgIpc) is 2.80. The normalized spacial score (nSPS) is 25.9. The van der Waals surface area contributed by atoms with E-state index < -0.39 is 0 Å². The first kappa shape index (κ1) is 13.8. The van der Waals surface area contributed by atoms with E-state index in [2.05, 4.69) is 16.0 Å². The van der Waals surface area contributed by atoms with Gasteiger partial charge in [-0.2, -0.15) is 0 Å². The molecule has 1 saturated heterocycles. The second-order valence-electron chi connectivity index (χ2n) is 5.62. The minimum Gasteiger partial charge on any atom is -0.355 e. The number of rotatable bonds is 5. The van der Waals surface area contributed by atoms with Crippen molar-refractivity contribution >= 4 is 5.91 Å². The van der Waals surface area contributed by atoms with Crippen molar-refractivity contribution in [3.05, 3.63) is 0 Å². The molecule has 0 radical (unpaired) electrons. The molecule has 18 heavy (non-hydrogen) atoms. The van der Waals surface area contributed by atoms with Gasteiger partial charge >= 0.3 is 0 Å². The summed E-state index contributed by atoms with van der Waals surface area (Å²) in [5.74, 6) is 0.422. The summed E-state index contributed by atoms with van der Waals surface area (Å²) >= 11 is 0. The Morgan fingerprint density at radius 3 is 2.50 bits per heavy atom. The van der Waals surface area contributed by atoms with E-state index in [1.54, 1.807) is 0 Å². The molecule has 104 valence electrons. The van der Waals surface area contributed by atoms with Crippen molar-refractivity contribution in [2.24, 2.45) is 5.92 Å². The molecule has 2 fully saturated rings. The van der Waals surface area contributed by atoms with E-state index in [0.717, 1.165) is 32.6 Å². The van der Waals surface area contributed by atoms with E-state index in [0.29, 0.717) is 6.04 Å². The second-order valence-corrected chi connectivity index (χ2v) is 5.62. The molecule has 2 rings (SSSR count). The molecule has 0 spiro atoms. The molecular weight excluding hydrogens is 226 g/mol. The summed E-state index contributed by atoms with van der Waals surface area (Å²) in [5.41, 5.74) is 0. The molecule has 0 bridgehead atoms. The molecule has 1 heterocycles. The molecule has 0 aromatic rings. The van der Waals surface area contributed by atoms with Crippen LogP contribution in [0.3, 0.4) is 0 Å². The first-order chi connectivity index (χ1) is 8.86. The number of hydrogen-bond acceptors (Lipinski definition) is 3. The highest BCUT2D eigenvalue weighted by atomic mass is 16.1. The molecule has 1 unspecified atom stereocenters. The van der Waals surface area contributed by atoms with Crippen LogP contribution in [0, 0.1) is 5.92 Å². The summed E-state index contributed by atoms with van der Waals surface area (Å²) in [6.07, 6.45) is 9.10. The summed E-state index contributed by atoms with van der Waals surface area (Å²) in [6.45, 7) is 3.52. The lowest BCUT2D eigenvalue weighted by molar-refractivity contribution is -0.124. The van der Waals surface area contributed by atoms with Gasteiger partial charge in [-0.05, 0) is 25.8 Å². The third kappa shape index (κ3) is 4.58. The molecule has 0 aromatic heterocycles. The molecule has 4 nitrogen and oxygen atoms in total. The van der Waals surface area contributed by atoms with Gasteiger partial charge in [0.25, 0.3) is 0 Å². The van der Waals surface area contributed by atoms with Gasteiger partial charge in [0, 0.05) is 25.7 Å². The van der Waals surface area contributed by atoms with E-state index in [1.807, 2.05) is 0 Å². The van der Waals surface area contributed by atoms with Crippen molar-refractivity contribution in [2.75, 3.05) is 26.2 Å². The second kappa shape index (κ2) is 7.74. The third-order valence-electron chi connectivity index (χ3n) is 4.14. The zero-order chi connectivity index (χ0) is 12.6. The minimum absolute atomic E-state index is 0.197. The van der Waals surface area contributed by atoms with Crippen LogP contribution >= 0.6 is 0 Å². The Labute approximate surface area is 110 Å². The fourth-order valence-electron chi connectivity index (χ4n) is 2.97. The fourth-order valence-corrected chi connectivity index (χ4v) is 2.97. The van der Waals surface area contributed by atoms with E-state index >= 15 is 0 Å². The lowest BCUT2D eigenvalue weighted by atomic mass is 10.1. The van der Waals surface area contributed by atoms with Gasteiger partial charge in [-0.3, -0.25) is 4.79 Å². The third-order valence-corrected chi connectivity index (χ3v) is 4.14. The number of carbonyl (C=O) groups is 1. The molecular formula is C14H27N3O. The highest BCUT2D eigenvalue weighted by molar-refractivity contribution is 5.79. The van der Waals surface area contributed by atoms with Gasteiger partial charge in [0.05, 0.1) is 5.92 Å². The Kier molecular flexibility index (Phi) is 5.94. The summed E-state index contributed by atoms with van der Waals surface area (Å²) in [7, 11) is 0. The Hall–Kier alpha value is -0.610. The van der Waals surface area contributed by atoms with Gasteiger partial charge in [-0.1, -0.05) is 25.7 Å². The maximum Gasteiger partial charge on any atom is 0.224 e. The van der Waals surface area contributed by atoms with Gasteiger partial charge < -0.3 is 16.0 Å². The number of amides is 1. The van der Waals surface area contributed by atoms with Crippen LogP contribution in [0.4, 0.5) is 0 Å². The summed E-state index contributed by atoms with van der Waals surface area (Å²) in [6, 6.07) is 0.678. The van der Waals surface area contributed by atoms with Crippen LogP contribution in [0.5, 0.6) is 0 Å². The molecule has 1 saturated carbocycles. The van der Waals surface area contributed by atoms with E-state index in [1.165, 1.54) is 38.5 Å². The lowest BCUT2D eigenvalue weighted by Crippen LogP contribution is -2.39. The monoisotopic (exact) mass is 253 g/mol. The van der Waals surface area contributed by atoms with Crippen molar-refractivity contribution in [3.63, 3.8) is 0 Å². The van der Waals surface area contributed by atoms with Crippen LogP contribution in [0.15, 0.2) is 0 Å². The zero-order valence-corrected chi connectivity index (χ0v) is 11.3. The molecule has 1 amide bonds. The molecule has 1 aliphatic carbocycles. The van der Waals surface area contributed by atoms with Gasteiger partial charge in [0.2, 0.25) is 5.91 Å². The lowest BCUT2D eigenvalue weighted by Gasteiger charge is -2.17. The zero-order valence-electron chi connectivity index (χ0n) is 11.3. The predicted molar refractivity (Wildman–Crippen MR) is 73.5 cm³/mol. The summed E-state index contributed by atoms with van der Waals surface area (Å²) in [5, 5.41) is 9.84. The van der Waals surface area contributed by atoms with Crippen molar-refractivity contribution in [1.82, 2.24) is 16.0 Å². The molecule has 2 aliphatic rings. The van der Waals surface area contributed by atoms with Crippen LogP contribution in [-0.4, -0.2) is 38.1 Å². The average molecular weight is 253 g/mol. The van der Waals surface area contributed by atoms with Crippen LogP contribution in [0.1, 0.15) is 44.9 Å². The van der Waals surface area contributed by atoms with Crippen molar-refractivity contribution in [3.8, 4) is 0 Å². The van der Waals surface area contributed by atoms with E-state index in [4.69, 9.17) is 0 Å². The fraction of sp³-hybridized carbons (Fsp3) is 0.929.